The first-order valence-electron chi connectivity index (χ1n) is 11.1. The van der Waals surface area contributed by atoms with E-state index in [0.29, 0.717) is 13.2 Å². The fraction of sp³-hybridized carbons (Fsp3) is 0.400. The molecular formula is C25H30N4O2S. The van der Waals surface area contributed by atoms with Gasteiger partial charge in [0.2, 0.25) is 5.91 Å². The number of rotatable bonds is 8. The van der Waals surface area contributed by atoms with Gasteiger partial charge in [0.25, 0.3) is 0 Å². The quantitative estimate of drug-likeness (QED) is 0.547. The summed E-state index contributed by atoms with van der Waals surface area (Å²) in [5, 5.41) is 5.75. The monoisotopic (exact) mass is 450 g/mol. The molecule has 2 aromatic heterocycles. The molecule has 0 saturated carbocycles. The Hall–Kier alpha value is -2.93. The molecule has 0 unspecified atom stereocenters. The van der Waals surface area contributed by atoms with Gasteiger partial charge in [0.15, 0.2) is 0 Å². The van der Waals surface area contributed by atoms with E-state index in [4.69, 9.17) is 4.74 Å². The lowest BCUT2D eigenvalue weighted by molar-refractivity contribution is -0.120. The van der Waals surface area contributed by atoms with Crippen molar-refractivity contribution >= 4 is 23.1 Å². The number of hydrogen-bond donors (Lipinski definition) is 1. The molecule has 1 saturated heterocycles. The number of pyridine rings is 1. The summed E-state index contributed by atoms with van der Waals surface area (Å²) in [4.78, 5) is 23.8. The van der Waals surface area contributed by atoms with Gasteiger partial charge in [-0.15, -0.1) is 11.3 Å². The molecule has 1 N–H and O–H groups in total. The van der Waals surface area contributed by atoms with Crippen LogP contribution in [0, 0.1) is 12.8 Å². The van der Waals surface area contributed by atoms with Crippen molar-refractivity contribution in [1.82, 2.24) is 15.3 Å². The van der Waals surface area contributed by atoms with Crippen LogP contribution in [0.15, 0.2) is 48.0 Å². The van der Waals surface area contributed by atoms with Gasteiger partial charge in [-0.2, -0.15) is 0 Å². The van der Waals surface area contributed by atoms with E-state index < -0.39 is 0 Å². The summed E-state index contributed by atoms with van der Waals surface area (Å²) in [5.41, 5.74) is 2.96. The van der Waals surface area contributed by atoms with Crippen molar-refractivity contribution in [3.05, 3.63) is 69.8 Å². The van der Waals surface area contributed by atoms with Crippen molar-refractivity contribution in [3.63, 3.8) is 0 Å². The second kappa shape index (κ2) is 10.6. The van der Waals surface area contributed by atoms with E-state index in [1.807, 2.05) is 48.8 Å². The molecule has 1 aromatic carbocycles. The van der Waals surface area contributed by atoms with Crippen molar-refractivity contribution in [2.45, 2.75) is 46.3 Å². The van der Waals surface area contributed by atoms with E-state index in [-0.39, 0.29) is 12.3 Å². The number of carbonyl (C=O) groups is 1. The van der Waals surface area contributed by atoms with Gasteiger partial charge in [0.05, 0.1) is 12.1 Å². The summed E-state index contributed by atoms with van der Waals surface area (Å²) < 4.78 is 5.77. The molecular weight excluding hydrogens is 420 g/mol. The highest BCUT2D eigenvalue weighted by Crippen LogP contribution is 2.21. The van der Waals surface area contributed by atoms with Crippen molar-refractivity contribution in [3.8, 4) is 5.75 Å². The zero-order valence-corrected chi connectivity index (χ0v) is 19.5. The molecule has 4 rings (SSSR count). The van der Waals surface area contributed by atoms with Crippen LogP contribution in [-0.2, 0) is 24.4 Å². The summed E-state index contributed by atoms with van der Waals surface area (Å²) >= 11 is 1.51. The average Bonchev–Trinajstić information content (AvgIpc) is 3.25. The molecule has 0 atom stereocenters. The SMILES string of the molecule is Cc1ccc(OCc2nc(CC(=O)NCc3ccc(N4CCC(C)CC4)nc3)cs2)cc1. The van der Waals surface area contributed by atoms with Crippen LogP contribution in [-0.4, -0.2) is 29.0 Å². The Morgan fingerprint density at radius 1 is 1.19 bits per heavy atom. The number of nitrogens with zero attached hydrogens (tertiary/aromatic N) is 3. The maximum atomic E-state index is 12.3. The minimum atomic E-state index is -0.0459. The topological polar surface area (TPSA) is 67.3 Å². The lowest BCUT2D eigenvalue weighted by Gasteiger charge is -2.31. The predicted octanol–water partition coefficient (Wildman–Crippen LogP) is 4.52. The molecule has 0 radical (unpaired) electrons. The van der Waals surface area contributed by atoms with Gasteiger partial charge in [0.1, 0.15) is 23.2 Å². The number of anilines is 1. The van der Waals surface area contributed by atoms with Crippen molar-refractivity contribution in [1.29, 1.82) is 0 Å². The molecule has 32 heavy (non-hydrogen) atoms. The molecule has 0 bridgehead atoms. The molecule has 1 aliphatic rings. The van der Waals surface area contributed by atoms with Crippen LogP contribution < -0.4 is 15.0 Å². The van der Waals surface area contributed by atoms with Crippen LogP contribution in [0.4, 0.5) is 5.82 Å². The van der Waals surface area contributed by atoms with Crippen molar-refractivity contribution < 1.29 is 9.53 Å². The van der Waals surface area contributed by atoms with Crippen LogP contribution in [0.25, 0.3) is 0 Å². The molecule has 168 valence electrons. The number of piperidine rings is 1. The highest BCUT2D eigenvalue weighted by molar-refractivity contribution is 7.09. The average molecular weight is 451 g/mol. The molecule has 1 aliphatic heterocycles. The number of carbonyl (C=O) groups excluding carboxylic acids is 1. The molecule has 3 aromatic rings. The van der Waals surface area contributed by atoms with E-state index in [0.717, 1.165) is 46.8 Å². The second-order valence-electron chi connectivity index (χ2n) is 8.48. The highest BCUT2D eigenvalue weighted by Gasteiger charge is 2.16. The number of hydrogen-bond acceptors (Lipinski definition) is 6. The third-order valence-corrected chi connectivity index (χ3v) is 6.60. The first-order chi connectivity index (χ1) is 15.5. The van der Waals surface area contributed by atoms with Crippen molar-refractivity contribution in [2.75, 3.05) is 18.0 Å². The summed E-state index contributed by atoms with van der Waals surface area (Å²) in [6.45, 7) is 7.36. The maximum absolute atomic E-state index is 12.3. The Labute approximate surface area is 193 Å². The number of thiazole rings is 1. The van der Waals surface area contributed by atoms with E-state index >= 15 is 0 Å². The standard InChI is InChI=1S/C25H30N4O2S/c1-18-3-6-22(7-4-18)31-16-25-28-21(17-32-25)13-24(30)27-15-20-5-8-23(26-14-20)29-11-9-19(2)10-12-29/h3-8,14,17,19H,9-13,15-16H2,1-2H3,(H,27,30). The Balaban J connectivity index is 1.21. The minimum absolute atomic E-state index is 0.0459. The molecule has 1 fully saturated rings. The zero-order valence-electron chi connectivity index (χ0n) is 18.7. The number of nitrogens with one attached hydrogen (secondary N) is 1. The molecule has 3 heterocycles. The predicted molar refractivity (Wildman–Crippen MR) is 128 cm³/mol. The van der Waals surface area contributed by atoms with Gasteiger partial charge in [-0.05, 0) is 49.4 Å². The molecule has 1 amide bonds. The smallest absolute Gasteiger partial charge is 0.226 e. The third-order valence-electron chi connectivity index (χ3n) is 5.73. The van der Waals surface area contributed by atoms with E-state index in [2.05, 4.69) is 33.2 Å². The Morgan fingerprint density at radius 3 is 2.69 bits per heavy atom. The Morgan fingerprint density at radius 2 is 1.97 bits per heavy atom. The van der Waals surface area contributed by atoms with Gasteiger partial charge in [0, 0.05) is 31.2 Å². The first-order valence-corrected chi connectivity index (χ1v) is 12.0. The lowest BCUT2D eigenvalue weighted by atomic mass is 9.99. The molecule has 7 heteroatoms. The molecule has 6 nitrogen and oxygen atoms in total. The van der Waals surface area contributed by atoms with Crippen molar-refractivity contribution in [2.24, 2.45) is 5.92 Å². The second-order valence-corrected chi connectivity index (χ2v) is 9.42. The van der Waals surface area contributed by atoms with Crippen LogP contribution in [0.1, 0.15) is 41.6 Å². The van der Waals surface area contributed by atoms with Gasteiger partial charge in [-0.1, -0.05) is 30.7 Å². The van der Waals surface area contributed by atoms with Gasteiger partial charge in [-0.3, -0.25) is 4.79 Å². The summed E-state index contributed by atoms with van der Waals surface area (Å²) in [5.74, 6) is 2.60. The fourth-order valence-electron chi connectivity index (χ4n) is 3.65. The summed E-state index contributed by atoms with van der Waals surface area (Å²) in [7, 11) is 0. The Bertz CT molecular complexity index is 1010. The lowest BCUT2D eigenvalue weighted by Crippen LogP contribution is -2.33. The maximum Gasteiger partial charge on any atom is 0.226 e. The largest absolute Gasteiger partial charge is 0.486 e. The summed E-state index contributed by atoms with van der Waals surface area (Å²) in [6.07, 6.45) is 4.56. The number of ether oxygens (including phenoxy) is 1. The number of aryl methyl sites for hydroxylation is 1. The van der Waals surface area contributed by atoms with Gasteiger partial charge >= 0.3 is 0 Å². The first kappa shape index (κ1) is 22.3. The highest BCUT2D eigenvalue weighted by atomic mass is 32.1. The number of aromatic nitrogens is 2. The Kier molecular flexibility index (Phi) is 7.37. The van der Waals surface area contributed by atoms with E-state index in [1.165, 1.54) is 29.7 Å². The normalized spacial score (nSPS) is 14.4. The number of amides is 1. The molecule has 0 spiro atoms. The fourth-order valence-corrected chi connectivity index (χ4v) is 4.35. The van der Waals surface area contributed by atoms with Crippen LogP contribution in [0.2, 0.25) is 0 Å². The summed E-state index contributed by atoms with van der Waals surface area (Å²) in [6, 6.07) is 12.0. The van der Waals surface area contributed by atoms with E-state index in [9.17, 15) is 4.79 Å². The number of benzene rings is 1. The minimum Gasteiger partial charge on any atom is -0.486 e. The third kappa shape index (κ3) is 6.29. The van der Waals surface area contributed by atoms with Crippen LogP contribution in [0.5, 0.6) is 5.75 Å². The molecule has 0 aliphatic carbocycles. The zero-order chi connectivity index (χ0) is 22.3. The van der Waals surface area contributed by atoms with Gasteiger partial charge in [-0.25, -0.2) is 9.97 Å². The van der Waals surface area contributed by atoms with Crippen LogP contribution >= 0.6 is 11.3 Å². The van der Waals surface area contributed by atoms with Crippen LogP contribution in [0.3, 0.4) is 0 Å². The van der Waals surface area contributed by atoms with Gasteiger partial charge < -0.3 is 15.0 Å². The van der Waals surface area contributed by atoms with E-state index in [1.54, 1.807) is 0 Å².